The third-order valence-electron chi connectivity index (χ3n) is 3.75. The maximum absolute atomic E-state index is 12.3. The lowest BCUT2D eigenvalue weighted by atomic mass is 10.2. The Morgan fingerprint density at radius 3 is 2.90 bits per heavy atom. The average Bonchev–Trinajstić information content (AvgIpc) is 2.99. The highest BCUT2D eigenvalue weighted by Gasteiger charge is 2.25. The van der Waals surface area contributed by atoms with Crippen LogP contribution in [0.1, 0.15) is 19.9 Å². The number of amides is 2. The lowest BCUT2D eigenvalue weighted by molar-refractivity contribution is -0.141. The predicted molar refractivity (Wildman–Crippen MR) is 78.6 cm³/mol. The summed E-state index contributed by atoms with van der Waals surface area (Å²) in [5.74, 6) is -0.123. The van der Waals surface area contributed by atoms with E-state index < -0.39 is 6.04 Å². The molecule has 0 radical (unpaired) electrons. The van der Waals surface area contributed by atoms with Crippen LogP contribution in [0.4, 0.5) is 0 Å². The van der Waals surface area contributed by atoms with E-state index in [1.165, 1.54) is 4.90 Å². The van der Waals surface area contributed by atoms with E-state index in [9.17, 15) is 9.59 Å². The van der Waals surface area contributed by atoms with Crippen LogP contribution in [0.2, 0.25) is 0 Å². The first-order valence-electron chi connectivity index (χ1n) is 7.24. The van der Waals surface area contributed by atoms with Crippen molar-refractivity contribution in [2.45, 2.75) is 25.9 Å². The molecule has 1 aliphatic rings. The number of hydrogen-bond donors (Lipinski definition) is 1. The van der Waals surface area contributed by atoms with Crippen molar-refractivity contribution in [2.24, 2.45) is 0 Å². The molecule has 1 N–H and O–H groups in total. The molecule has 0 aliphatic carbocycles. The minimum absolute atomic E-state index is 0.00753. The smallest absolute Gasteiger partial charge is 0.247 e. The third kappa shape index (κ3) is 3.81. The highest BCUT2D eigenvalue weighted by Crippen LogP contribution is 2.08. The van der Waals surface area contributed by atoms with Gasteiger partial charge in [-0.2, -0.15) is 5.10 Å². The molecule has 2 heterocycles. The van der Waals surface area contributed by atoms with Crippen LogP contribution < -0.4 is 5.32 Å². The van der Waals surface area contributed by atoms with Gasteiger partial charge in [0.1, 0.15) is 6.04 Å². The number of likely N-dealkylation sites (N-methyl/N-ethyl adjacent to an activating group) is 1. The van der Waals surface area contributed by atoms with E-state index in [-0.39, 0.29) is 18.4 Å². The molecule has 116 valence electrons. The number of nitrogens with one attached hydrogen (secondary N) is 1. The number of nitrogens with zero attached hydrogens (tertiary/aromatic N) is 4. The number of hydrogen-bond acceptors (Lipinski definition) is 4. The van der Waals surface area contributed by atoms with E-state index >= 15 is 0 Å². The quantitative estimate of drug-likeness (QED) is 0.829. The summed E-state index contributed by atoms with van der Waals surface area (Å²) >= 11 is 0. The zero-order chi connectivity index (χ0) is 15.4. The topological polar surface area (TPSA) is 70.5 Å². The van der Waals surface area contributed by atoms with E-state index in [0.717, 1.165) is 6.54 Å². The SMILES string of the molecule is CC1CN(C(=O)CN(C)C(=O)C(C)n2cccn2)CCN1. The van der Waals surface area contributed by atoms with E-state index in [1.54, 1.807) is 37.1 Å². The third-order valence-corrected chi connectivity index (χ3v) is 3.75. The fourth-order valence-corrected chi connectivity index (χ4v) is 2.48. The van der Waals surface area contributed by atoms with Crippen LogP contribution >= 0.6 is 0 Å². The van der Waals surface area contributed by atoms with Gasteiger partial charge < -0.3 is 15.1 Å². The van der Waals surface area contributed by atoms with Crippen molar-refractivity contribution in [1.82, 2.24) is 24.9 Å². The summed E-state index contributed by atoms with van der Waals surface area (Å²) in [5, 5.41) is 7.36. The first-order chi connectivity index (χ1) is 9.99. The fourth-order valence-electron chi connectivity index (χ4n) is 2.48. The standard InChI is InChI=1S/C14H23N5O2/c1-11-9-18(8-6-15-11)13(20)10-17(3)14(21)12(2)19-7-4-5-16-19/h4-5,7,11-12,15H,6,8-10H2,1-3H3. The molecule has 1 saturated heterocycles. The predicted octanol–water partition coefficient (Wildman–Crippen LogP) is -0.277. The van der Waals surface area contributed by atoms with Gasteiger partial charge in [-0.25, -0.2) is 0 Å². The summed E-state index contributed by atoms with van der Waals surface area (Å²) in [5.41, 5.74) is 0. The Hall–Kier alpha value is -1.89. The largest absolute Gasteiger partial charge is 0.338 e. The van der Waals surface area contributed by atoms with Crippen molar-refractivity contribution in [3.05, 3.63) is 18.5 Å². The lowest BCUT2D eigenvalue weighted by Crippen LogP contribution is -2.53. The normalized spacial score (nSPS) is 20.1. The van der Waals surface area contributed by atoms with Crippen molar-refractivity contribution in [2.75, 3.05) is 33.2 Å². The Morgan fingerprint density at radius 1 is 1.52 bits per heavy atom. The highest BCUT2D eigenvalue weighted by molar-refractivity contribution is 5.86. The fraction of sp³-hybridized carbons (Fsp3) is 0.643. The van der Waals surface area contributed by atoms with Gasteiger partial charge in [0.15, 0.2) is 0 Å². The molecule has 7 heteroatoms. The molecule has 0 bridgehead atoms. The van der Waals surface area contributed by atoms with Crippen LogP contribution in [0.3, 0.4) is 0 Å². The lowest BCUT2D eigenvalue weighted by Gasteiger charge is -2.33. The zero-order valence-electron chi connectivity index (χ0n) is 12.8. The summed E-state index contributed by atoms with van der Waals surface area (Å²) in [4.78, 5) is 27.8. The molecular formula is C14H23N5O2. The van der Waals surface area contributed by atoms with Crippen molar-refractivity contribution >= 4 is 11.8 Å². The van der Waals surface area contributed by atoms with Crippen LogP contribution in [0, 0.1) is 0 Å². The molecule has 21 heavy (non-hydrogen) atoms. The van der Waals surface area contributed by atoms with Gasteiger partial charge in [-0.1, -0.05) is 0 Å². The number of aromatic nitrogens is 2. The molecule has 2 rings (SSSR count). The van der Waals surface area contributed by atoms with Crippen LogP contribution in [-0.4, -0.2) is 70.7 Å². The van der Waals surface area contributed by atoms with Crippen LogP contribution in [0.15, 0.2) is 18.5 Å². The molecule has 1 aromatic heterocycles. The van der Waals surface area contributed by atoms with Gasteiger partial charge in [0, 0.05) is 45.1 Å². The molecule has 0 saturated carbocycles. The van der Waals surface area contributed by atoms with Gasteiger partial charge in [-0.05, 0) is 19.9 Å². The van der Waals surface area contributed by atoms with Gasteiger partial charge in [-0.3, -0.25) is 14.3 Å². The van der Waals surface area contributed by atoms with Crippen molar-refractivity contribution in [1.29, 1.82) is 0 Å². The molecule has 2 amide bonds. The molecule has 7 nitrogen and oxygen atoms in total. The molecule has 0 aromatic carbocycles. The average molecular weight is 293 g/mol. The number of carbonyl (C=O) groups excluding carboxylic acids is 2. The first-order valence-corrected chi connectivity index (χ1v) is 7.24. The maximum Gasteiger partial charge on any atom is 0.247 e. The van der Waals surface area contributed by atoms with Crippen molar-refractivity contribution in [3.63, 3.8) is 0 Å². The molecule has 1 aliphatic heterocycles. The molecular weight excluding hydrogens is 270 g/mol. The van der Waals surface area contributed by atoms with Crippen LogP contribution in [-0.2, 0) is 9.59 Å². The monoisotopic (exact) mass is 293 g/mol. The van der Waals surface area contributed by atoms with Crippen molar-refractivity contribution in [3.8, 4) is 0 Å². The molecule has 2 atom stereocenters. The van der Waals surface area contributed by atoms with Gasteiger partial charge in [-0.15, -0.1) is 0 Å². The summed E-state index contributed by atoms with van der Waals surface area (Å²) < 4.78 is 1.59. The van der Waals surface area contributed by atoms with E-state index in [4.69, 9.17) is 0 Å². The summed E-state index contributed by atoms with van der Waals surface area (Å²) in [6.07, 6.45) is 3.38. The second kappa shape index (κ2) is 6.71. The Bertz CT molecular complexity index is 488. The Balaban J connectivity index is 1.89. The van der Waals surface area contributed by atoms with Gasteiger partial charge in [0.05, 0.1) is 6.54 Å². The molecule has 1 aromatic rings. The maximum atomic E-state index is 12.3. The Kier molecular flexibility index (Phi) is 4.95. The molecule has 2 unspecified atom stereocenters. The van der Waals surface area contributed by atoms with Gasteiger partial charge >= 0.3 is 0 Å². The van der Waals surface area contributed by atoms with Crippen LogP contribution in [0.5, 0.6) is 0 Å². The minimum Gasteiger partial charge on any atom is -0.338 e. The number of rotatable bonds is 4. The summed E-state index contributed by atoms with van der Waals surface area (Å²) in [7, 11) is 1.66. The van der Waals surface area contributed by atoms with E-state index in [0.29, 0.717) is 19.1 Å². The van der Waals surface area contributed by atoms with Gasteiger partial charge in [0.2, 0.25) is 11.8 Å². The highest BCUT2D eigenvalue weighted by atomic mass is 16.2. The number of piperazine rings is 1. The first kappa shape index (κ1) is 15.5. The van der Waals surface area contributed by atoms with E-state index in [1.807, 2.05) is 11.8 Å². The minimum atomic E-state index is -0.403. The Morgan fingerprint density at radius 2 is 2.29 bits per heavy atom. The summed E-state index contributed by atoms with van der Waals surface area (Å²) in [6.45, 7) is 6.12. The Labute approximate surface area is 124 Å². The molecule has 0 spiro atoms. The van der Waals surface area contributed by atoms with Crippen LogP contribution in [0.25, 0.3) is 0 Å². The van der Waals surface area contributed by atoms with Gasteiger partial charge in [0.25, 0.3) is 0 Å². The summed E-state index contributed by atoms with van der Waals surface area (Å²) in [6, 6.07) is 1.67. The molecule has 1 fully saturated rings. The second-order valence-electron chi connectivity index (χ2n) is 5.55. The second-order valence-corrected chi connectivity index (χ2v) is 5.55. The van der Waals surface area contributed by atoms with Crippen molar-refractivity contribution < 1.29 is 9.59 Å². The van der Waals surface area contributed by atoms with E-state index in [2.05, 4.69) is 10.4 Å². The zero-order valence-corrected chi connectivity index (χ0v) is 12.8. The number of carbonyl (C=O) groups is 2.